The summed E-state index contributed by atoms with van der Waals surface area (Å²) in [4.78, 5) is 3.36. The van der Waals surface area contributed by atoms with E-state index in [1.54, 1.807) is 0 Å². The molecule has 258 valence electrons. The van der Waals surface area contributed by atoms with Crippen LogP contribution in [0.3, 0.4) is 0 Å². The lowest BCUT2D eigenvalue weighted by atomic mass is 9.84. The van der Waals surface area contributed by atoms with Crippen LogP contribution in [-0.4, -0.2) is 4.98 Å². The molecule has 1 heterocycles. The van der Waals surface area contributed by atoms with Gasteiger partial charge in [-0.3, -0.25) is 4.98 Å². The molecule has 0 radical (unpaired) electrons. The maximum Gasteiger partial charge on any atom is 0.241 e. The molecule has 2 rings (SSSR count). The van der Waals surface area contributed by atoms with Crippen LogP contribution in [0.1, 0.15) is 212 Å². The summed E-state index contributed by atoms with van der Waals surface area (Å²) in [6.45, 7) is 4.62. The Labute approximate surface area is 282 Å². The average Bonchev–Trinajstić information content (AvgIpc) is 3.60. The number of hydrogen-bond acceptors (Lipinski definition) is 0. The van der Waals surface area contributed by atoms with E-state index in [0.717, 1.165) is 0 Å². The summed E-state index contributed by atoms with van der Waals surface area (Å²) in [5, 5.41) is 0. The Morgan fingerprint density at radius 1 is 0.489 bits per heavy atom. The van der Waals surface area contributed by atoms with Crippen LogP contribution in [-0.2, 0) is 6.42 Å². The van der Waals surface area contributed by atoms with Crippen LogP contribution >= 0.6 is 0 Å². The smallest absolute Gasteiger partial charge is 0.241 e. The molecule has 0 aliphatic rings. The van der Waals surface area contributed by atoms with Gasteiger partial charge < -0.3 is 0 Å². The minimum Gasteiger partial charge on any atom is -0.250 e. The zero-order chi connectivity index (χ0) is 31.9. The second kappa shape index (κ2) is 29.8. The minimum atomic E-state index is 0.603. The molecule has 2 atom stereocenters. The maximum atomic E-state index is 3.36. The highest BCUT2D eigenvalue weighted by molar-refractivity contribution is 5.15. The lowest BCUT2D eigenvalue weighted by Gasteiger charge is -2.25. The van der Waals surface area contributed by atoms with Gasteiger partial charge in [-0.25, -0.2) is 4.57 Å². The molecule has 0 saturated carbocycles. The van der Waals surface area contributed by atoms with Gasteiger partial charge in [-0.05, 0) is 31.2 Å². The van der Waals surface area contributed by atoms with Crippen molar-refractivity contribution in [3.8, 4) is 0 Å². The number of benzene rings is 1. The molecule has 2 aromatic rings. The SMILES string of the molecule is CCCCCCCCCCCCCCCCCCC(Cc1ccccc1)C(CCCCCCCCCCCCC)[n+]1cc[nH]c1. The molecule has 0 aliphatic heterocycles. The lowest BCUT2D eigenvalue weighted by Crippen LogP contribution is -2.42. The first-order chi connectivity index (χ1) is 22.3. The van der Waals surface area contributed by atoms with Crippen molar-refractivity contribution in [3.05, 3.63) is 54.6 Å². The first-order valence-corrected chi connectivity index (χ1v) is 20.4. The summed E-state index contributed by atoms with van der Waals surface area (Å²) in [5.74, 6) is 0.711. The quantitative estimate of drug-likeness (QED) is 0.0604. The van der Waals surface area contributed by atoms with Gasteiger partial charge in [0.15, 0.2) is 0 Å². The fraction of sp³-hybridized carbons (Fsp3) is 0.791. The number of unbranched alkanes of at least 4 members (excludes halogenated alkanes) is 25. The van der Waals surface area contributed by atoms with Crippen molar-refractivity contribution < 1.29 is 4.57 Å². The molecule has 0 spiro atoms. The topological polar surface area (TPSA) is 19.7 Å². The molecule has 0 saturated heterocycles. The Balaban J connectivity index is 1.65. The average molecular weight is 622 g/mol. The molecule has 0 aliphatic carbocycles. The fourth-order valence-electron chi connectivity index (χ4n) is 7.46. The van der Waals surface area contributed by atoms with Gasteiger partial charge in [0, 0.05) is 5.92 Å². The van der Waals surface area contributed by atoms with Crippen molar-refractivity contribution in [3.63, 3.8) is 0 Å². The van der Waals surface area contributed by atoms with Gasteiger partial charge in [0.05, 0.1) is 0 Å². The molecule has 2 unspecified atom stereocenters. The van der Waals surface area contributed by atoms with Gasteiger partial charge in [0.25, 0.3) is 0 Å². The third-order valence-corrected chi connectivity index (χ3v) is 10.4. The van der Waals surface area contributed by atoms with Gasteiger partial charge >= 0.3 is 0 Å². The largest absolute Gasteiger partial charge is 0.250 e. The molecular formula is C43H77N2+. The van der Waals surface area contributed by atoms with Crippen LogP contribution in [0.15, 0.2) is 49.1 Å². The van der Waals surface area contributed by atoms with Crippen molar-refractivity contribution >= 4 is 0 Å². The summed E-state index contributed by atoms with van der Waals surface area (Å²) in [6, 6.07) is 11.9. The first-order valence-electron chi connectivity index (χ1n) is 20.4. The number of imidazole rings is 1. The molecule has 0 amide bonds. The number of rotatable bonds is 33. The number of aromatic nitrogens is 2. The van der Waals surface area contributed by atoms with Crippen LogP contribution in [0.4, 0.5) is 0 Å². The minimum absolute atomic E-state index is 0.603. The number of nitrogens with one attached hydrogen (secondary N) is 1. The standard InChI is InChI=1S/C43H76N2/c1-3-5-7-9-11-13-15-16-17-18-19-21-22-24-26-31-35-42(39-41-33-29-28-30-34-41)43(45-38-37-44-40-45)36-32-27-25-23-20-14-12-10-8-6-4-2/h28-30,33-34,37-38,40,42-43H,3-27,31-32,35-36,39H2,1-2H3/p+1. The van der Waals surface area contributed by atoms with E-state index in [1.807, 2.05) is 0 Å². The number of H-pyrrole nitrogens is 1. The third kappa shape index (κ3) is 21.8. The summed E-state index contributed by atoms with van der Waals surface area (Å²) < 4.78 is 2.51. The Hall–Kier alpha value is -1.57. The van der Waals surface area contributed by atoms with Crippen LogP contribution in [0.2, 0.25) is 0 Å². The van der Waals surface area contributed by atoms with Crippen molar-refractivity contribution in [2.24, 2.45) is 5.92 Å². The highest BCUT2D eigenvalue weighted by atomic mass is 15.1. The molecule has 1 N–H and O–H groups in total. The predicted molar refractivity (Wildman–Crippen MR) is 199 cm³/mol. The van der Waals surface area contributed by atoms with Gasteiger partial charge in [0.1, 0.15) is 18.4 Å². The van der Waals surface area contributed by atoms with Crippen molar-refractivity contribution in [1.29, 1.82) is 0 Å². The summed E-state index contributed by atoms with van der Waals surface area (Å²) in [5.41, 5.74) is 1.51. The zero-order valence-electron chi connectivity index (χ0n) is 30.4. The molecular weight excluding hydrogens is 544 g/mol. The fourth-order valence-corrected chi connectivity index (χ4v) is 7.46. The van der Waals surface area contributed by atoms with Crippen LogP contribution < -0.4 is 4.57 Å². The van der Waals surface area contributed by atoms with E-state index in [9.17, 15) is 0 Å². The molecule has 45 heavy (non-hydrogen) atoms. The summed E-state index contributed by atoms with van der Waals surface area (Å²) in [6.07, 6.45) is 49.2. The highest BCUT2D eigenvalue weighted by Crippen LogP contribution is 2.29. The van der Waals surface area contributed by atoms with Crippen LogP contribution in [0, 0.1) is 5.92 Å². The van der Waals surface area contributed by atoms with E-state index < -0.39 is 0 Å². The van der Waals surface area contributed by atoms with E-state index in [2.05, 4.69) is 72.5 Å². The van der Waals surface area contributed by atoms with Gasteiger partial charge in [0.2, 0.25) is 6.33 Å². The van der Waals surface area contributed by atoms with Crippen LogP contribution in [0.5, 0.6) is 0 Å². The van der Waals surface area contributed by atoms with Crippen molar-refractivity contribution in [1.82, 2.24) is 4.98 Å². The molecule has 0 bridgehead atoms. The molecule has 1 aromatic heterocycles. The second-order valence-electron chi connectivity index (χ2n) is 14.5. The zero-order valence-corrected chi connectivity index (χ0v) is 30.4. The summed E-state index contributed by atoms with van der Waals surface area (Å²) >= 11 is 0. The normalized spacial score (nSPS) is 12.9. The van der Waals surface area contributed by atoms with Crippen LogP contribution in [0.25, 0.3) is 0 Å². The van der Waals surface area contributed by atoms with Crippen molar-refractivity contribution in [2.75, 3.05) is 0 Å². The molecule has 2 heteroatoms. The summed E-state index contributed by atoms with van der Waals surface area (Å²) in [7, 11) is 0. The third-order valence-electron chi connectivity index (χ3n) is 10.4. The van der Waals surface area contributed by atoms with E-state index >= 15 is 0 Å². The predicted octanol–water partition coefficient (Wildman–Crippen LogP) is 14.1. The highest BCUT2D eigenvalue weighted by Gasteiger charge is 2.26. The Morgan fingerprint density at radius 3 is 1.29 bits per heavy atom. The van der Waals surface area contributed by atoms with E-state index in [1.165, 1.54) is 198 Å². The van der Waals surface area contributed by atoms with Gasteiger partial charge in [-0.15, -0.1) is 0 Å². The van der Waals surface area contributed by atoms with Crippen molar-refractivity contribution in [2.45, 2.75) is 213 Å². The number of aromatic amines is 1. The Kier molecular flexibility index (Phi) is 26.2. The second-order valence-corrected chi connectivity index (χ2v) is 14.5. The number of nitrogens with zero attached hydrogens (tertiary/aromatic N) is 1. The van der Waals surface area contributed by atoms with E-state index in [-0.39, 0.29) is 0 Å². The molecule has 0 fully saturated rings. The monoisotopic (exact) mass is 622 g/mol. The van der Waals surface area contributed by atoms with E-state index in [0.29, 0.717) is 12.0 Å². The first kappa shape index (κ1) is 39.6. The van der Waals surface area contributed by atoms with Gasteiger partial charge in [-0.1, -0.05) is 211 Å². The van der Waals surface area contributed by atoms with Gasteiger partial charge in [-0.2, -0.15) is 0 Å². The van der Waals surface area contributed by atoms with E-state index in [4.69, 9.17) is 0 Å². The Morgan fingerprint density at radius 2 is 0.889 bits per heavy atom. The lowest BCUT2D eigenvalue weighted by molar-refractivity contribution is -0.730. The molecule has 2 nitrogen and oxygen atoms in total. The molecule has 1 aromatic carbocycles. The maximum absolute atomic E-state index is 3.36. The number of hydrogen-bond donors (Lipinski definition) is 1. The Bertz CT molecular complexity index is 829.